The Morgan fingerprint density at radius 3 is 2.68 bits per heavy atom. The van der Waals surface area contributed by atoms with E-state index >= 15 is 0 Å². The van der Waals surface area contributed by atoms with Gasteiger partial charge in [-0.25, -0.2) is 0 Å². The summed E-state index contributed by atoms with van der Waals surface area (Å²) in [6.07, 6.45) is 1.63. The third-order valence-electron chi connectivity index (χ3n) is 5.03. The number of furan rings is 1. The number of hydrogen-bond acceptors (Lipinski definition) is 7. The molecule has 5 rings (SSSR count). The Labute approximate surface area is 181 Å². The number of rotatable bonds is 6. The highest BCUT2D eigenvalue weighted by Gasteiger charge is 2.19. The second-order valence-electron chi connectivity index (χ2n) is 7.71. The number of fused-ring (bicyclic) bond motifs is 3. The van der Waals surface area contributed by atoms with Gasteiger partial charge >= 0.3 is 0 Å². The summed E-state index contributed by atoms with van der Waals surface area (Å²) in [6, 6.07) is 11.2. The first-order valence-corrected chi connectivity index (χ1v) is 10.9. The summed E-state index contributed by atoms with van der Waals surface area (Å²) in [5.41, 5.74) is 0.704. The van der Waals surface area contributed by atoms with Gasteiger partial charge in [-0.3, -0.25) is 18.3 Å². The van der Waals surface area contributed by atoms with E-state index in [9.17, 15) is 4.79 Å². The number of nitrogens with zero attached hydrogens (tertiary/aromatic N) is 7. The minimum Gasteiger partial charge on any atom is -0.461 e. The Morgan fingerprint density at radius 1 is 1.06 bits per heavy atom. The lowest BCUT2D eigenvalue weighted by molar-refractivity contribution is 0.489. The van der Waals surface area contributed by atoms with Crippen LogP contribution >= 0.6 is 11.8 Å². The molecule has 0 radical (unpaired) electrons. The average molecular weight is 436 g/mol. The summed E-state index contributed by atoms with van der Waals surface area (Å²) < 4.78 is 11.1. The summed E-state index contributed by atoms with van der Waals surface area (Å²) in [7, 11) is 1.71. The molecule has 0 amide bonds. The lowest BCUT2D eigenvalue weighted by Crippen LogP contribution is -2.20. The fraction of sp³-hybridized carbons (Fsp3) is 0.286. The van der Waals surface area contributed by atoms with Crippen molar-refractivity contribution in [3.05, 3.63) is 58.8 Å². The van der Waals surface area contributed by atoms with Crippen LogP contribution in [0.4, 0.5) is 0 Å². The molecule has 1 aromatic carbocycles. The SMILES string of the molecule is CC(C)Cn1c(SCc2nnc3n(C)c(=O)c4ccccc4n23)nnc1-c1ccco1. The number of hydrogen-bond donors (Lipinski definition) is 0. The van der Waals surface area contributed by atoms with Crippen molar-refractivity contribution in [1.29, 1.82) is 0 Å². The van der Waals surface area contributed by atoms with Crippen molar-refractivity contribution in [2.75, 3.05) is 0 Å². The van der Waals surface area contributed by atoms with Gasteiger partial charge in [0, 0.05) is 13.6 Å². The number of benzene rings is 1. The van der Waals surface area contributed by atoms with Gasteiger partial charge in [0.2, 0.25) is 5.78 Å². The minimum atomic E-state index is -0.0885. The number of thioether (sulfide) groups is 1. The van der Waals surface area contributed by atoms with Crippen molar-refractivity contribution in [3.8, 4) is 11.6 Å². The van der Waals surface area contributed by atoms with Crippen LogP contribution in [0.2, 0.25) is 0 Å². The summed E-state index contributed by atoms with van der Waals surface area (Å²) in [6.45, 7) is 5.07. The van der Waals surface area contributed by atoms with Gasteiger partial charge in [-0.2, -0.15) is 0 Å². The molecule has 0 saturated carbocycles. The Hall–Kier alpha value is -3.40. The molecule has 158 valence electrons. The van der Waals surface area contributed by atoms with Gasteiger partial charge in [0.1, 0.15) is 5.82 Å². The molecular formula is C21H21N7O2S. The molecule has 0 spiro atoms. The van der Waals surface area contributed by atoms with E-state index in [4.69, 9.17) is 4.42 Å². The molecule has 0 fully saturated rings. The zero-order valence-corrected chi connectivity index (χ0v) is 18.2. The van der Waals surface area contributed by atoms with Gasteiger partial charge in [0.15, 0.2) is 16.7 Å². The molecule has 0 aliphatic carbocycles. The molecule has 0 N–H and O–H groups in total. The maximum absolute atomic E-state index is 12.6. The Balaban J connectivity index is 1.55. The zero-order valence-electron chi connectivity index (χ0n) is 17.4. The normalized spacial score (nSPS) is 11.9. The Kier molecular flexibility index (Phi) is 4.85. The highest BCUT2D eigenvalue weighted by Crippen LogP contribution is 2.28. The lowest BCUT2D eigenvalue weighted by Gasteiger charge is -2.11. The average Bonchev–Trinajstić information content (AvgIpc) is 3.50. The van der Waals surface area contributed by atoms with E-state index in [0.29, 0.717) is 34.4 Å². The fourth-order valence-electron chi connectivity index (χ4n) is 3.63. The van der Waals surface area contributed by atoms with Crippen LogP contribution < -0.4 is 5.56 Å². The standard InChI is InChI=1S/C21H21N7O2S/c1-13(2)11-27-18(16-9-6-10-30-16)23-25-21(27)31-12-17-22-24-20-26(3)19(29)14-7-4-5-8-15(14)28(17)20/h4-10,13H,11-12H2,1-3H3. The van der Waals surface area contributed by atoms with Gasteiger partial charge in [0.05, 0.1) is 22.9 Å². The van der Waals surface area contributed by atoms with Gasteiger partial charge in [0.25, 0.3) is 5.56 Å². The monoisotopic (exact) mass is 435 g/mol. The van der Waals surface area contributed by atoms with Crippen LogP contribution in [0.15, 0.2) is 57.0 Å². The molecule has 0 aliphatic rings. The van der Waals surface area contributed by atoms with Gasteiger partial charge in [-0.05, 0) is 30.2 Å². The van der Waals surface area contributed by atoms with Crippen LogP contribution in [0.25, 0.3) is 28.3 Å². The summed E-state index contributed by atoms with van der Waals surface area (Å²) >= 11 is 1.54. The Morgan fingerprint density at radius 2 is 1.90 bits per heavy atom. The smallest absolute Gasteiger partial charge is 0.262 e. The number of para-hydroxylation sites is 1. The predicted octanol–water partition coefficient (Wildman–Crippen LogP) is 3.38. The van der Waals surface area contributed by atoms with E-state index < -0.39 is 0 Å². The van der Waals surface area contributed by atoms with Crippen LogP contribution in [0.1, 0.15) is 19.7 Å². The largest absolute Gasteiger partial charge is 0.461 e. The van der Waals surface area contributed by atoms with E-state index in [1.54, 1.807) is 13.3 Å². The second-order valence-corrected chi connectivity index (χ2v) is 8.65. The highest BCUT2D eigenvalue weighted by atomic mass is 32.2. The van der Waals surface area contributed by atoms with E-state index in [1.165, 1.54) is 16.3 Å². The first-order chi connectivity index (χ1) is 15.0. The first-order valence-electron chi connectivity index (χ1n) is 9.96. The molecule has 4 aromatic heterocycles. The van der Waals surface area contributed by atoms with Crippen LogP contribution in [-0.2, 0) is 19.3 Å². The molecule has 0 atom stereocenters. The molecule has 0 aliphatic heterocycles. The van der Waals surface area contributed by atoms with Crippen LogP contribution in [0.3, 0.4) is 0 Å². The van der Waals surface area contributed by atoms with Crippen molar-refractivity contribution in [2.24, 2.45) is 13.0 Å². The summed E-state index contributed by atoms with van der Waals surface area (Å²) in [4.78, 5) is 12.6. The molecule has 31 heavy (non-hydrogen) atoms. The predicted molar refractivity (Wildman–Crippen MR) is 118 cm³/mol. The van der Waals surface area contributed by atoms with Gasteiger partial charge in [-0.1, -0.05) is 37.7 Å². The zero-order chi connectivity index (χ0) is 21.5. The lowest BCUT2D eigenvalue weighted by atomic mass is 10.2. The number of aromatic nitrogens is 7. The topological polar surface area (TPSA) is 96.0 Å². The Bertz CT molecular complexity index is 1430. The molecule has 0 bridgehead atoms. The van der Waals surface area contributed by atoms with Crippen LogP contribution in [-0.4, -0.2) is 33.9 Å². The van der Waals surface area contributed by atoms with Crippen molar-refractivity contribution >= 4 is 28.4 Å². The van der Waals surface area contributed by atoms with E-state index in [-0.39, 0.29) is 5.56 Å². The fourth-order valence-corrected chi connectivity index (χ4v) is 4.49. The van der Waals surface area contributed by atoms with Crippen molar-refractivity contribution in [1.82, 2.24) is 33.9 Å². The molecule has 10 heteroatoms. The third kappa shape index (κ3) is 3.32. The minimum absolute atomic E-state index is 0.0885. The summed E-state index contributed by atoms with van der Waals surface area (Å²) in [5.74, 6) is 3.59. The van der Waals surface area contributed by atoms with Crippen molar-refractivity contribution in [3.63, 3.8) is 0 Å². The molecule has 0 unspecified atom stereocenters. The van der Waals surface area contributed by atoms with E-state index in [0.717, 1.165) is 23.0 Å². The van der Waals surface area contributed by atoms with Crippen molar-refractivity contribution in [2.45, 2.75) is 31.3 Å². The quantitative estimate of drug-likeness (QED) is 0.377. The van der Waals surface area contributed by atoms with E-state index in [1.807, 2.05) is 40.8 Å². The maximum Gasteiger partial charge on any atom is 0.262 e. The van der Waals surface area contributed by atoms with Crippen LogP contribution in [0, 0.1) is 5.92 Å². The second kappa shape index (κ2) is 7.69. The number of aryl methyl sites for hydroxylation is 1. The molecular weight excluding hydrogens is 414 g/mol. The van der Waals surface area contributed by atoms with Gasteiger partial charge in [-0.15, -0.1) is 20.4 Å². The first kappa shape index (κ1) is 19.6. The summed E-state index contributed by atoms with van der Waals surface area (Å²) in [5, 5.41) is 18.8. The molecule has 4 heterocycles. The van der Waals surface area contributed by atoms with Crippen LogP contribution in [0.5, 0.6) is 0 Å². The molecule has 9 nitrogen and oxygen atoms in total. The van der Waals surface area contributed by atoms with Crippen molar-refractivity contribution < 1.29 is 4.42 Å². The molecule has 5 aromatic rings. The van der Waals surface area contributed by atoms with Gasteiger partial charge < -0.3 is 4.42 Å². The maximum atomic E-state index is 12.6. The molecule has 0 saturated heterocycles. The third-order valence-corrected chi connectivity index (χ3v) is 5.99. The highest BCUT2D eigenvalue weighted by molar-refractivity contribution is 7.98. The van der Waals surface area contributed by atoms with E-state index in [2.05, 4.69) is 38.8 Å².